The predicted molar refractivity (Wildman–Crippen MR) is 141 cm³/mol. The molecule has 2 N–H and O–H groups in total. The van der Waals surface area contributed by atoms with Gasteiger partial charge in [-0.3, -0.25) is 14.8 Å². The number of pyridine rings is 2. The van der Waals surface area contributed by atoms with Crippen molar-refractivity contribution < 1.29 is 14.7 Å². The topological polar surface area (TPSA) is 92.2 Å². The van der Waals surface area contributed by atoms with Gasteiger partial charge in [0, 0.05) is 29.3 Å². The fraction of sp³-hybridized carbons (Fsp3) is 0.400. The molecule has 1 atom stereocenters. The first-order chi connectivity index (χ1) is 17.6. The number of carbonyl (C=O) groups is 2. The monoisotopic (exact) mass is 485 g/mol. The van der Waals surface area contributed by atoms with Crippen LogP contribution >= 0.6 is 0 Å². The Morgan fingerprint density at radius 3 is 2.44 bits per heavy atom. The summed E-state index contributed by atoms with van der Waals surface area (Å²) in [7, 11) is 0. The lowest BCUT2D eigenvalue weighted by Crippen LogP contribution is -2.40. The molecule has 1 amide bonds. The highest BCUT2D eigenvalue weighted by atomic mass is 16.4. The number of unbranched alkanes of at least 4 members (excludes halogenated alkanes) is 4. The van der Waals surface area contributed by atoms with Gasteiger partial charge in [0.05, 0.1) is 0 Å². The molecule has 1 aromatic carbocycles. The summed E-state index contributed by atoms with van der Waals surface area (Å²) in [6, 6.07) is 14.5. The van der Waals surface area contributed by atoms with Crippen LogP contribution in [0.1, 0.15) is 78.7 Å². The number of carbonyl (C=O) groups excluding carboxylic acids is 1. The zero-order chi connectivity index (χ0) is 25.2. The Balaban J connectivity index is 1.15. The Hall–Kier alpha value is -3.54. The zero-order valence-corrected chi connectivity index (χ0v) is 20.8. The third kappa shape index (κ3) is 7.23. The van der Waals surface area contributed by atoms with Crippen molar-refractivity contribution in [3.63, 3.8) is 0 Å². The number of nitrogens with zero attached hydrogens (tertiary/aromatic N) is 2. The van der Waals surface area contributed by atoms with Gasteiger partial charge in [-0.25, -0.2) is 4.79 Å². The number of nitrogens with one attached hydrogen (secondary N) is 1. The van der Waals surface area contributed by atoms with Crippen molar-refractivity contribution in [3.8, 4) is 11.1 Å². The third-order valence-electron chi connectivity index (χ3n) is 6.91. The van der Waals surface area contributed by atoms with Crippen molar-refractivity contribution in [2.75, 3.05) is 0 Å². The zero-order valence-electron chi connectivity index (χ0n) is 20.8. The molecular weight excluding hydrogens is 450 g/mol. The first kappa shape index (κ1) is 25.5. The summed E-state index contributed by atoms with van der Waals surface area (Å²) >= 11 is 0. The molecule has 4 rings (SSSR count). The van der Waals surface area contributed by atoms with Gasteiger partial charge in [-0.1, -0.05) is 49.9 Å². The molecule has 2 aromatic heterocycles. The van der Waals surface area contributed by atoms with Crippen LogP contribution in [-0.4, -0.2) is 33.0 Å². The second-order valence-corrected chi connectivity index (χ2v) is 9.61. The number of aliphatic carboxylic acids is 1. The number of rotatable bonds is 12. The number of benzene rings is 1. The Morgan fingerprint density at radius 1 is 0.889 bits per heavy atom. The van der Waals surface area contributed by atoms with E-state index in [1.54, 1.807) is 24.5 Å². The summed E-state index contributed by atoms with van der Waals surface area (Å²) in [6.07, 6.45) is 14.7. The van der Waals surface area contributed by atoms with Crippen molar-refractivity contribution in [3.05, 3.63) is 83.4 Å². The minimum atomic E-state index is -0.992. The number of hydrogen-bond acceptors (Lipinski definition) is 4. The lowest BCUT2D eigenvalue weighted by atomic mass is 9.95. The molecule has 0 spiro atoms. The maximum atomic E-state index is 12.6. The van der Waals surface area contributed by atoms with E-state index in [1.165, 1.54) is 36.2 Å². The highest BCUT2D eigenvalue weighted by molar-refractivity contribution is 5.97. The molecule has 2 heterocycles. The molecule has 3 aromatic rings. The summed E-state index contributed by atoms with van der Waals surface area (Å²) in [4.78, 5) is 33.3. The molecule has 0 saturated carbocycles. The molecule has 0 saturated heterocycles. The van der Waals surface area contributed by atoms with Gasteiger partial charge >= 0.3 is 5.97 Å². The molecule has 0 fully saturated rings. The van der Waals surface area contributed by atoms with Crippen LogP contribution in [0.25, 0.3) is 11.1 Å². The van der Waals surface area contributed by atoms with Crippen LogP contribution in [-0.2, 0) is 24.1 Å². The van der Waals surface area contributed by atoms with Gasteiger partial charge in [-0.05, 0) is 85.9 Å². The molecule has 0 unspecified atom stereocenters. The molecule has 6 heteroatoms. The maximum Gasteiger partial charge on any atom is 0.326 e. The Bertz CT molecular complexity index is 1150. The number of amides is 1. The molecule has 0 radical (unpaired) electrons. The van der Waals surface area contributed by atoms with E-state index in [4.69, 9.17) is 4.98 Å². The van der Waals surface area contributed by atoms with E-state index in [2.05, 4.69) is 22.4 Å². The Labute approximate surface area is 213 Å². The fourth-order valence-corrected chi connectivity index (χ4v) is 4.80. The van der Waals surface area contributed by atoms with E-state index >= 15 is 0 Å². The second-order valence-electron chi connectivity index (χ2n) is 9.61. The SMILES string of the molecule is O=C(N[C@@H](CCCCCCCc1ccc2c(n1)CCCC2)C(=O)O)c1ccc(-c2cccnc2)cc1. The largest absolute Gasteiger partial charge is 0.480 e. The number of aromatic nitrogens is 2. The molecule has 1 aliphatic rings. The standard InChI is InChI=1S/C30H35N3O3/c34-29(24-16-14-22(15-17-24)25-10-8-20-31-21-25)33-28(30(35)36)13-5-3-1-2-4-11-26-19-18-23-9-6-7-12-27(23)32-26/h8,10,14-21,28H,1-7,9,11-13H2,(H,33,34)(H,35,36)/t28-/m0/s1. The summed E-state index contributed by atoms with van der Waals surface area (Å²) in [5.41, 5.74) is 6.28. The van der Waals surface area contributed by atoms with E-state index in [1.807, 2.05) is 24.3 Å². The minimum Gasteiger partial charge on any atom is -0.480 e. The van der Waals surface area contributed by atoms with Gasteiger partial charge in [0.15, 0.2) is 0 Å². The van der Waals surface area contributed by atoms with Gasteiger partial charge in [-0.2, -0.15) is 0 Å². The highest BCUT2D eigenvalue weighted by Crippen LogP contribution is 2.21. The highest BCUT2D eigenvalue weighted by Gasteiger charge is 2.20. The van der Waals surface area contributed by atoms with E-state index in [-0.39, 0.29) is 5.91 Å². The molecule has 0 bridgehead atoms. The van der Waals surface area contributed by atoms with Crippen LogP contribution in [0.5, 0.6) is 0 Å². The second kappa shape index (κ2) is 13.0. The molecule has 188 valence electrons. The van der Waals surface area contributed by atoms with Crippen molar-refractivity contribution in [1.29, 1.82) is 0 Å². The maximum absolute atomic E-state index is 12.6. The minimum absolute atomic E-state index is 0.363. The quantitative estimate of drug-likeness (QED) is 0.317. The van der Waals surface area contributed by atoms with E-state index in [9.17, 15) is 14.7 Å². The number of fused-ring (bicyclic) bond motifs is 1. The van der Waals surface area contributed by atoms with Gasteiger partial charge in [0.25, 0.3) is 5.91 Å². The molecular formula is C30H35N3O3. The number of hydrogen-bond donors (Lipinski definition) is 2. The van der Waals surface area contributed by atoms with Crippen molar-refractivity contribution in [1.82, 2.24) is 15.3 Å². The third-order valence-corrected chi connectivity index (χ3v) is 6.91. The van der Waals surface area contributed by atoms with E-state index < -0.39 is 12.0 Å². The number of carboxylic acids is 1. The smallest absolute Gasteiger partial charge is 0.326 e. The van der Waals surface area contributed by atoms with Crippen LogP contribution < -0.4 is 5.32 Å². The molecule has 0 aliphatic heterocycles. The van der Waals surface area contributed by atoms with Crippen molar-refractivity contribution in [2.24, 2.45) is 0 Å². The van der Waals surface area contributed by atoms with Crippen molar-refractivity contribution in [2.45, 2.75) is 76.7 Å². The summed E-state index contributed by atoms with van der Waals surface area (Å²) < 4.78 is 0. The van der Waals surface area contributed by atoms with Gasteiger partial charge in [0.2, 0.25) is 0 Å². The van der Waals surface area contributed by atoms with Gasteiger partial charge in [0.1, 0.15) is 6.04 Å². The first-order valence-electron chi connectivity index (χ1n) is 13.1. The number of aryl methyl sites for hydroxylation is 3. The lowest BCUT2D eigenvalue weighted by molar-refractivity contribution is -0.139. The average molecular weight is 486 g/mol. The fourth-order valence-electron chi connectivity index (χ4n) is 4.80. The summed E-state index contributed by atoms with van der Waals surface area (Å²) in [5, 5.41) is 12.3. The summed E-state index contributed by atoms with van der Waals surface area (Å²) in [5.74, 6) is -1.36. The predicted octanol–water partition coefficient (Wildman–Crippen LogP) is 5.79. The van der Waals surface area contributed by atoms with Crippen molar-refractivity contribution >= 4 is 11.9 Å². The van der Waals surface area contributed by atoms with E-state index in [0.717, 1.165) is 56.1 Å². The molecule has 1 aliphatic carbocycles. The number of carboxylic acid groups (broad SMARTS) is 1. The Kier molecular flexibility index (Phi) is 9.20. The molecule has 6 nitrogen and oxygen atoms in total. The first-order valence-corrected chi connectivity index (χ1v) is 13.1. The van der Waals surface area contributed by atoms with E-state index in [0.29, 0.717) is 12.0 Å². The normalized spacial score (nSPS) is 13.6. The van der Waals surface area contributed by atoms with Crippen LogP contribution in [0.3, 0.4) is 0 Å². The summed E-state index contributed by atoms with van der Waals surface area (Å²) in [6.45, 7) is 0. The van der Waals surface area contributed by atoms with Gasteiger partial charge < -0.3 is 10.4 Å². The van der Waals surface area contributed by atoms with Crippen LogP contribution in [0.2, 0.25) is 0 Å². The van der Waals surface area contributed by atoms with Gasteiger partial charge in [-0.15, -0.1) is 0 Å². The molecule has 36 heavy (non-hydrogen) atoms. The Morgan fingerprint density at radius 2 is 1.67 bits per heavy atom. The lowest BCUT2D eigenvalue weighted by Gasteiger charge is -2.15. The average Bonchev–Trinajstić information content (AvgIpc) is 2.92. The van der Waals surface area contributed by atoms with Crippen LogP contribution in [0, 0.1) is 0 Å². The van der Waals surface area contributed by atoms with Crippen LogP contribution in [0.15, 0.2) is 60.9 Å². The van der Waals surface area contributed by atoms with Crippen LogP contribution in [0.4, 0.5) is 0 Å².